The van der Waals surface area contributed by atoms with E-state index >= 15 is 4.39 Å². The monoisotopic (exact) mass is 542 g/mol. The van der Waals surface area contributed by atoms with Crippen molar-refractivity contribution in [3.05, 3.63) is 68.9 Å². The van der Waals surface area contributed by atoms with E-state index in [0.717, 1.165) is 49.3 Å². The Balaban J connectivity index is 1.38. The van der Waals surface area contributed by atoms with Crippen molar-refractivity contribution in [2.24, 2.45) is 11.3 Å². The lowest BCUT2D eigenvalue weighted by molar-refractivity contribution is 0.0996. The zero-order chi connectivity index (χ0) is 26.6. The second kappa shape index (κ2) is 9.52. The first-order chi connectivity index (χ1) is 18.2. The highest BCUT2D eigenvalue weighted by Gasteiger charge is 2.49. The van der Waals surface area contributed by atoms with Crippen molar-refractivity contribution in [3.8, 4) is 11.4 Å². The number of fused-ring (bicyclic) bond motifs is 1. The van der Waals surface area contributed by atoms with Gasteiger partial charge in [-0.2, -0.15) is 4.68 Å². The van der Waals surface area contributed by atoms with Crippen molar-refractivity contribution in [3.63, 3.8) is 0 Å². The van der Waals surface area contributed by atoms with Gasteiger partial charge in [-0.1, -0.05) is 36.9 Å². The molecule has 2 aliphatic carbocycles. The van der Waals surface area contributed by atoms with E-state index in [1.807, 2.05) is 6.92 Å². The first-order valence-electron chi connectivity index (χ1n) is 13.2. The van der Waals surface area contributed by atoms with Crippen LogP contribution in [-0.4, -0.2) is 26.4 Å². The van der Waals surface area contributed by atoms with E-state index in [1.54, 1.807) is 4.57 Å². The van der Waals surface area contributed by atoms with Gasteiger partial charge in [-0.05, 0) is 62.1 Å². The summed E-state index contributed by atoms with van der Waals surface area (Å²) in [7, 11) is 0. The first-order valence-corrected chi connectivity index (χ1v) is 13.6. The molecule has 1 spiro atoms. The van der Waals surface area contributed by atoms with Crippen LogP contribution in [0, 0.1) is 23.0 Å². The number of benzene rings is 2. The second-order valence-corrected chi connectivity index (χ2v) is 11.4. The lowest BCUT2D eigenvalue weighted by atomic mass is 9.86. The molecule has 38 heavy (non-hydrogen) atoms. The number of nitrogens with zero attached hydrogens (tertiary/aromatic N) is 3. The molecule has 2 aromatic carbocycles. The number of ether oxygens (including phenoxy) is 1. The molecule has 0 bridgehead atoms. The molecule has 0 saturated heterocycles. The van der Waals surface area contributed by atoms with E-state index in [9.17, 15) is 14.0 Å². The minimum atomic E-state index is -0.813. The van der Waals surface area contributed by atoms with Gasteiger partial charge in [0.15, 0.2) is 0 Å². The number of halogens is 3. The molecule has 2 saturated carbocycles. The molecule has 3 aromatic rings. The molecule has 1 aromatic heterocycles. The Morgan fingerprint density at radius 2 is 1.95 bits per heavy atom. The summed E-state index contributed by atoms with van der Waals surface area (Å²) in [5, 5.41) is 6.90. The fraction of sp³-hybridized carbons (Fsp3) is 0.464. The average Bonchev–Trinajstić information content (AvgIpc) is 3.47. The standard InChI is InChI=1S/C28H29ClF2N4O3/c1-16(17-6-3-2-4-7-17)38-23-13-22(35-27(37)34-15-28(10-11-28)14-24(34)33-35)21(31)12-18(23)26(36)32-25-19(29)8-5-9-20(25)30/h5,8-9,12-13,16-17H,2-4,6-7,10-11,14-15H2,1H3,(H,32,36)/t16-/m0/s1. The molecular formula is C28H29ClF2N4O3. The smallest absolute Gasteiger partial charge is 0.350 e. The third-order valence-electron chi connectivity index (χ3n) is 8.27. The number of para-hydroxylation sites is 1. The van der Waals surface area contributed by atoms with Gasteiger partial charge in [-0.3, -0.25) is 9.36 Å². The molecule has 200 valence electrons. The molecule has 1 amide bonds. The zero-order valence-corrected chi connectivity index (χ0v) is 21.9. The quantitative estimate of drug-likeness (QED) is 0.420. The topological polar surface area (TPSA) is 78.2 Å². The summed E-state index contributed by atoms with van der Waals surface area (Å²) in [4.78, 5) is 26.5. The third kappa shape index (κ3) is 4.51. The fourth-order valence-electron chi connectivity index (χ4n) is 5.80. The molecule has 2 heterocycles. The number of hydrogen-bond donors (Lipinski definition) is 1. The number of amides is 1. The highest BCUT2D eigenvalue weighted by Crippen LogP contribution is 2.52. The number of carbonyl (C=O) groups is 1. The molecule has 6 rings (SSSR count). The van der Waals surface area contributed by atoms with Crippen LogP contribution < -0.4 is 15.7 Å². The van der Waals surface area contributed by atoms with Crippen molar-refractivity contribution in [1.29, 1.82) is 0 Å². The van der Waals surface area contributed by atoms with Gasteiger partial charge < -0.3 is 10.1 Å². The Labute approximate surface area is 223 Å². The van der Waals surface area contributed by atoms with Crippen LogP contribution in [0.2, 0.25) is 5.02 Å². The normalized spacial score (nSPS) is 18.8. The van der Waals surface area contributed by atoms with Gasteiger partial charge in [0.05, 0.1) is 22.4 Å². The highest BCUT2D eigenvalue weighted by atomic mass is 35.5. The van der Waals surface area contributed by atoms with Crippen molar-refractivity contribution in [2.75, 3.05) is 5.32 Å². The van der Waals surface area contributed by atoms with Crippen molar-refractivity contribution >= 4 is 23.2 Å². The van der Waals surface area contributed by atoms with Gasteiger partial charge in [0.1, 0.15) is 28.9 Å². The minimum absolute atomic E-state index is 0.0148. The fourth-order valence-corrected chi connectivity index (χ4v) is 6.01. The summed E-state index contributed by atoms with van der Waals surface area (Å²) in [5.41, 5.74) is -0.688. The third-order valence-corrected chi connectivity index (χ3v) is 8.59. The summed E-state index contributed by atoms with van der Waals surface area (Å²) in [5.74, 6) is -1.28. The van der Waals surface area contributed by atoms with E-state index in [1.165, 1.54) is 30.7 Å². The Bertz CT molecular complexity index is 1450. The maximum atomic E-state index is 15.5. The van der Waals surface area contributed by atoms with Gasteiger partial charge in [-0.25, -0.2) is 13.6 Å². The molecule has 0 unspecified atom stereocenters. The first kappa shape index (κ1) is 25.1. The second-order valence-electron chi connectivity index (χ2n) is 10.9. The molecule has 3 aliphatic rings. The summed E-state index contributed by atoms with van der Waals surface area (Å²) >= 11 is 6.09. The van der Waals surface area contributed by atoms with Crippen LogP contribution in [0.25, 0.3) is 5.69 Å². The van der Waals surface area contributed by atoms with Crippen LogP contribution in [0.15, 0.2) is 35.1 Å². The van der Waals surface area contributed by atoms with Crippen LogP contribution in [0.5, 0.6) is 5.75 Å². The molecule has 1 atom stereocenters. The average molecular weight is 543 g/mol. The molecular weight excluding hydrogens is 514 g/mol. The van der Waals surface area contributed by atoms with E-state index < -0.39 is 23.2 Å². The van der Waals surface area contributed by atoms with Gasteiger partial charge in [-0.15, -0.1) is 5.10 Å². The number of aromatic nitrogens is 3. The molecule has 7 nitrogen and oxygen atoms in total. The Morgan fingerprint density at radius 1 is 1.18 bits per heavy atom. The zero-order valence-electron chi connectivity index (χ0n) is 21.1. The lowest BCUT2D eigenvalue weighted by Crippen LogP contribution is -2.28. The van der Waals surface area contributed by atoms with Gasteiger partial charge in [0, 0.05) is 19.0 Å². The van der Waals surface area contributed by atoms with Crippen LogP contribution in [0.1, 0.15) is 68.1 Å². The SMILES string of the molecule is C[C@H](Oc1cc(-n2nc3n(c2=O)CC2(CC2)C3)c(F)cc1C(=O)Nc1c(F)cccc1Cl)C1CCCCC1. The maximum absolute atomic E-state index is 15.5. The Hall–Kier alpha value is -3.20. The summed E-state index contributed by atoms with van der Waals surface area (Å²) in [6.07, 6.45) is 7.95. The van der Waals surface area contributed by atoms with Crippen LogP contribution >= 0.6 is 11.6 Å². The number of rotatable bonds is 6. The Morgan fingerprint density at radius 3 is 2.63 bits per heavy atom. The van der Waals surface area contributed by atoms with Crippen LogP contribution in [-0.2, 0) is 13.0 Å². The number of nitrogens with one attached hydrogen (secondary N) is 1. The molecule has 2 fully saturated rings. The van der Waals surface area contributed by atoms with E-state index in [-0.39, 0.29) is 45.1 Å². The van der Waals surface area contributed by atoms with E-state index in [0.29, 0.717) is 18.8 Å². The van der Waals surface area contributed by atoms with E-state index in [4.69, 9.17) is 16.3 Å². The minimum Gasteiger partial charge on any atom is -0.490 e. The molecule has 1 aliphatic heterocycles. The van der Waals surface area contributed by atoms with Gasteiger partial charge >= 0.3 is 5.69 Å². The highest BCUT2D eigenvalue weighted by molar-refractivity contribution is 6.34. The molecule has 1 N–H and O–H groups in total. The maximum Gasteiger partial charge on any atom is 0.350 e. The Kier molecular flexibility index (Phi) is 6.29. The number of hydrogen-bond acceptors (Lipinski definition) is 4. The number of carbonyl (C=O) groups excluding carboxylic acids is 1. The lowest BCUT2D eigenvalue weighted by Gasteiger charge is -2.29. The van der Waals surface area contributed by atoms with Crippen molar-refractivity contribution in [2.45, 2.75) is 70.9 Å². The van der Waals surface area contributed by atoms with Gasteiger partial charge in [0.25, 0.3) is 5.91 Å². The molecule has 10 heteroatoms. The molecule has 0 radical (unpaired) electrons. The number of anilines is 1. The van der Waals surface area contributed by atoms with Crippen molar-refractivity contribution in [1.82, 2.24) is 14.3 Å². The summed E-state index contributed by atoms with van der Waals surface area (Å²) in [6.45, 7) is 2.52. The van der Waals surface area contributed by atoms with Gasteiger partial charge in [0.2, 0.25) is 0 Å². The predicted molar refractivity (Wildman–Crippen MR) is 139 cm³/mol. The van der Waals surface area contributed by atoms with Crippen LogP contribution in [0.3, 0.4) is 0 Å². The summed E-state index contributed by atoms with van der Waals surface area (Å²) in [6, 6.07) is 6.41. The van der Waals surface area contributed by atoms with E-state index in [2.05, 4.69) is 10.4 Å². The van der Waals surface area contributed by atoms with Crippen molar-refractivity contribution < 1.29 is 18.3 Å². The summed E-state index contributed by atoms with van der Waals surface area (Å²) < 4.78 is 38.8. The predicted octanol–water partition coefficient (Wildman–Crippen LogP) is 5.90. The van der Waals surface area contributed by atoms with Crippen LogP contribution in [0.4, 0.5) is 14.5 Å². The largest absolute Gasteiger partial charge is 0.490 e.